The minimum Gasteiger partial charge on any atom is -0.327 e. The Balaban J connectivity index is 2.60. The normalized spacial score (nSPS) is 15.1. The average molecular weight is 200 g/mol. The molecule has 2 aromatic rings. The molecule has 0 spiro atoms. The summed E-state index contributed by atoms with van der Waals surface area (Å²) in [6.45, 7) is 4.20. The number of nitrogens with two attached hydrogens (primary N) is 1. The number of rotatable bonds is 2. The van der Waals surface area contributed by atoms with Crippen molar-refractivity contribution in [3.63, 3.8) is 0 Å². The van der Waals surface area contributed by atoms with Gasteiger partial charge in [-0.15, -0.1) is 0 Å². The second kappa shape index (κ2) is 3.99. The van der Waals surface area contributed by atoms with Crippen LogP contribution in [0.2, 0.25) is 0 Å². The van der Waals surface area contributed by atoms with E-state index in [9.17, 15) is 0 Å². The second-order valence-corrected chi connectivity index (χ2v) is 4.09. The Hall–Kier alpha value is -1.41. The molecule has 0 saturated carbocycles. The second-order valence-electron chi connectivity index (χ2n) is 4.09. The fourth-order valence-corrected chi connectivity index (χ4v) is 1.82. The topological polar surface area (TPSA) is 38.9 Å². The Labute approximate surface area is 90.1 Å². The third kappa shape index (κ3) is 1.85. The van der Waals surface area contributed by atoms with Gasteiger partial charge in [-0.3, -0.25) is 4.98 Å². The molecule has 1 aromatic carbocycles. The van der Waals surface area contributed by atoms with Gasteiger partial charge in [0.15, 0.2) is 0 Å². The largest absolute Gasteiger partial charge is 0.327 e. The van der Waals surface area contributed by atoms with E-state index in [-0.39, 0.29) is 6.04 Å². The number of pyridine rings is 1. The molecule has 0 fully saturated rings. The van der Waals surface area contributed by atoms with Crippen molar-refractivity contribution in [2.45, 2.75) is 25.8 Å². The minimum absolute atomic E-state index is 0.163. The zero-order chi connectivity index (χ0) is 10.8. The number of aromatic nitrogens is 1. The molecule has 15 heavy (non-hydrogen) atoms. The third-order valence-corrected chi connectivity index (χ3v) is 3.00. The molecular weight excluding hydrogens is 184 g/mol. The highest BCUT2D eigenvalue weighted by Gasteiger charge is 2.12. The van der Waals surface area contributed by atoms with Crippen LogP contribution in [-0.2, 0) is 0 Å². The van der Waals surface area contributed by atoms with Crippen molar-refractivity contribution in [2.24, 2.45) is 5.73 Å². The highest BCUT2D eigenvalue weighted by molar-refractivity contribution is 5.85. The van der Waals surface area contributed by atoms with E-state index < -0.39 is 0 Å². The molecule has 2 atom stereocenters. The summed E-state index contributed by atoms with van der Waals surface area (Å²) in [5.41, 5.74) is 7.23. The SMILES string of the molecule is CC(N)C(C)c1cccc2ccncc12. The lowest BCUT2D eigenvalue weighted by atomic mass is 9.91. The highest BCUT2D eigenvalue weighted by atomic mass is 14.6. The van der Waals surface area contributed by atoms with Crippen LogP contribution in [0.5, 0.6) is 0 Å². The molecular formula is C13H16N2. The molecule has 2 rings (SSSR count). The Morgan fingerprint density at radius 3 is 2.73 bits per heavy atom. The Morgan fingerprint density at radius 1 is 1.20 bits per heavy atom. The van der Waals surface area contributed by atoms with E-state index in [0.717, 1.165) is 0 Å². The summed E-state index contributed by atoms with van der Waals surface area (Å²) in [5, 5.41) is 2.44. The van der Waals surface area contributed by atoms with Crippen LogP contribution in [0.25, 0.3) is 10.8 Å². The maximum Gasteiger partial charge on any atom is 0.0349 e. The number of hydrogen-bond donors (Lipinski definition) is 1. The van der Waals surface area contributed by atoms with E-state index in [1.807, 2.05) is 25.4 Å². The van der Waals surface area contributed by atoms with Gasteiger partial charge in [0.1, 0.15) is 0 Å². The van der Waals surface area contributed by atoms with Crippen LogP contribution in [-0.4, -0.2) is 11.0 Å². The first kappa shape index (κ1) is 10.1. The van der Waals surface area contributed by atoms with Crippen LogP contribution in [0.4, 0.5) is 0 Å². The number of fused-ring (bicyclic) bond motifs is 1. The van der Waals surface area contributed by atoms with Crippen LogP contribution in [0.1, 0.15) is 25.3 Å². The van der Waals surface area contributed by atoms with Gasteiger partial charge in [-0.25, -0.2) is 0 Å². The van der Waals surface area contributed by atoms with Gasteiger partial charge in [-0.05, 0) is 29.9 Å². The summed E-state index contributed by atoms with van der Waals surface area (Å²) in [4.78, 5) is 4.17. The van der Waals surface area contributed by atoms with Crippen LogP contribution < -0.4 is 5.73 Å². The fourth-order valence-electron chi connectivity index (χ4n) is 1.82. The number of benzene rings is 1. The average Bonchev–Trinajstić information content (AvgIpc) is 2.27. The molecule has 0 aliphatic carbocycles. The van der Waals surface area contributed by atoms with Crippen molar-refractivity contribution in [1.82, 2.24) is 4.98 Å². The molecule has 2 nitrogen and oxygen atoms in total. The molecule has 78 valence electrons. The molecule has 2 heteroatoms. The fraction of sp³-hybridized carbons (Fsp3) is 0.308. The van der Waals surface area contributed by atoms with Crippen molar-refractivity contribution >= 4 is 10.8 Å². The van der Waals surface area contributed by atoms with E-state index >= 15 is 0 Å². The quantitative estimate of drug-likeness (QED) is 0.809. The summed E-state index contributed by atoms with van der Waals surface area (Å²) >= 11 is 0. The summed E-state index contributed by atoms with van der Waals surface area (Å²) in [7, 11) is 0. The molecule has 0 aliphatic heterocycles. The molecule has 0 bridgehead atoms. The van der Waals surface area contributed by atoms with Crippen molar-refractivity contribution in [2.75, 3.05) is 0 Å². The van der Waals surface area contributed by atoms with Crippen molar-refractivity contribution in [3.8, 4) is 0 Å². The zero-order valence-corrected chi connectivity index (χ0v) is 9.14. The third-order valence-electron chi connectivity index (χ3n) is 3.00. The van der Waals surface area contributed by atoms with Crippen molar-refractivity contribution in [3.05, 3.63) is 42.2 Å². The van der Waals surface area contributed by atoms with Crippen molar-refractivity contribution in [1.29, 1.82) is 0 Å². The minimum atomic E-state index is 0.163. The lowest BCUT2D eigenvalue weighted by molar-refractivity contribution is 0.617. The first-order valence-electron chi connectivity index (χ1n) is 5.28. The van der Waals surface area contributed by atoms with Gasteiger partial charge in [0, 0.05) is 23.8 Å². The highest BCUT2D eigenvalue weighted by Crippen LogP contribution is 2.26. The van der Waals surface area contributed by atoms with Crippen LogP contribution in [0.3, 0.4) is 0 Å². The molecule has 2 unspecified atom stereocenters. The Morgan fingerprint density at radius 2 is 2.00 bits per heavy atom. The zero-order valence-electron chi connectivity index (χ0n) is 9.14. The molecule has 0 amide bonds. The van der Waals surface area contributed by atoms with Gasteiger partial charge in [0.25, 0.3) is 0 Å². The molecule has 2 N–H and O–H groups in total. The summed E-state index contributed by atoms with van der Waals surface area (Å²) in [5.74, 6) is 0.359. The smallest absolute Gasteiger partial charge is 0.0349 e. The van der Waals surface area contributed by atoms with Crippen LogP contribution in [0, 0.1) is 0 Å². The standard InChI is InChI=1S/C13H16N2/c1-9(10(2)14)12-5-3-4-11-6-7-15-8-13(11)12/h3-10H,14H2,1-2H3. The summed E-state index contributed by atoms with van der Waals surface area (Å²) in [6, 6.07) is 8.52. The Bertz CT molecular complexity index is 458. The maximum absolute atomic E-state index is 5.94. The van der Waals surface area contributed by atoms with E-state index in [4.69, 9.17) is 5.73 Å². The van der Waals surface area contributed by atoms with Crippen LogP contribution in [0.15, 0.2) is 36.7 Å². The van der Waals surface area contributed by atoms with E-state index in [1.54, 1.807) is 0 Å². The lowest BCUT2D eigenvalue weighted by Gasteiger charge is -2.17. The van der Waals surface area contributed by atoms with Gasteiger partial charge in [0.2, 0.25) is 0 Å². The van der Waals surface area contributed by atoms with Gasteiger partial charge < -0.3 is 5.73 Å². The Kier molecular flexibility index (Phi) is 2.69. The number of nitrogens with zero attached hydrogens (tertiary/aromatic N) is 1. The van der Waals surface area contributed by atoms with E-state index in [0.29, 0.717) is 5.92 Å². The summed E-state index contributed by atoms with van der Waals surface area (Å²) < 4.78 is 0. The molecule has 1 aromatic heterocycles. The van der Waals surface area contributed by atoms with Crippen LogP contribution >= 0.6 is 0 Å². The van der Waals surface area contributed by atoms with Gasteiger partial charge in [-0.1, -0.05) is 25.1 Å². The molecule has 0 saturated heterocycles. The molecule has 1 heterocycles. The predicted octanol–water partition coefficient (Wildman–Crippen LogP) is 2.69. The first-order chi connectivity index (χ1) is 7.20. The van der Waals surface area contributed by atoms with Crippen molar-refractivity contribution < 1.29 is 0 Å². The molecule has 0 aliphatic rings. The van der Waals surface area contributed by atoms with Gasteiger partial charge >= 0.3 is 0 Å². The summed E-state index contributed by atoms with van der Waals surface area (Å²) in [6.07, 6.45) is 3.74. The first-order valence-corrected chi connectivity index (χ1v) is 5.28. The number of hydrogen-bond acceptors (Lipinski definition) is 2. The van der Waals surface area contributed by atoms with Gasteiger partial charge in [-0.2, -0.15) is 0 Å². The lowest BCUT2D eigenvalue weighted by Crippen LogP contribution is -2.22. The van der Waals surface area contributed by atoms with Gasteiger partial charge in [0.05, 0.1) is 0 Å². The van der Waals surface area contributed by atoms with E-state index in [1.165, 1.54) is 16.3 Å². The maximum atomic E-state index is 5.94. The molecule has 0 radical (unpaired) electrons. The monoisotopic (exact) mass is 200 g/mol. The predicted molar refractivity (Wildman–Crippen MR) is 63.8 cm³/mol. The van der Waals surface area contributed by atoms with E-state index in [2.05, 4.69) is 30.1 Å².